The van der Waals surface area contributed by atoms with Gasteiger partial charge >= 0.3 is 0 Å². The molecule has 0 atom stereocenters. The molecule has 0 aromatic heterocycles. The molecular weight excluding hydrogens is 278 g/mol. The predicted molar refractivity (Wildman–Crippen MR) is 105 cm³/mol. The molecule has 0 heterocycles. The summed E-state index contributed by atoms with van der Waals surface area (Å²) in [7, 11) is 2.14. The number of hydrogen-bond acceptors (Lipinski definition) is 1. The third kappa shape index (κ3) is 5.42. The maximum absolute atomic E-state index is 4.30. The van der Waals surface area contributed by atoms with Crippen LogP contribution in [0.1, 0.15) is 56.7 Å². The van der Waals surface area contributed by atoms with Gasteiger partial charge in [0, 0.05) is 18.4 Å². The molecule has 1 aromatic rings. The summed E-state index contributed by atoms with van der Waals surface area (Å²) < 4.78 is 0. The monoisotopic (exact) mass is 311 g/mol. The van der Waals surface area contributed by atoms with Crippen molar-refractivity contribution in [3.8, 4) is 0 Å². The van der Waals surface area contributed by atoms with E-state index < -0.39 is 0 Å². The van der Waals surface area contributed by atoms with E-state index in [4.69, 9.17) is 0 Å². The van der Waals surface area contributed by atoms with Crippen molar-refractivity contribution in [1.82, 2.24) is 0 Å². The molecule has 0 amide bonds. The van der Waals surface area contributed by atoms with Gasteiger partial charge in [-0.3, -0.25) is 0 Å². The van der Waals surface area contributed by atoms with Crippen molar-refractivity contribution in [2.24, 2.45) is 0 Å². The molecule has 1 rings (SSSR count). The summed E-state index contributed by atoms with van der Waals surface area (Å²) in [5.41, 5.74) is 9.22. The van der Waals surface area contributed by atoms with Crippen LogP contribution in [-0.2, 0) is 0 Å². The lowest BCUT2D eigenvalue weighted by atomic mass is 10.0. The highest BCUT2D eigenvalue weighted by Gasteiger charge is 2.11. The Morgan fingerprint density at radius 2 is 1.65 bits per heavy atom. The molecule has 0 saturated heterocycles. The van der Waals surface area contributed by atoms with Crippen molar-refractivity contribution in [2.75, 3.05) is 11.9 Å². The summed E-state index contributed by atoms with van der Waals surface area (Å²) in [6, 6.07) is 4.50. The van der Waals surface area contributed by atoms with Gasteiger partial charge in [0.2, 0.25) is 0 Å². The van der Waals surface area contributed by atoms with Crippen LogP contribution in [0, 0.1) is 20.8 Å². The molecule has 1 aromatic carbocycles. The number of rotatable bonds is 7. The molecule has 0 radical (unpaired) electrons. The summed E-state index contributed by atoms with van der Waals surface area (Å²) in [4.78, 5) is 2.26. The Kier molecular flexibility index (Phi) is 7.35. The van der Waals surface area contributed by atoms with Gasteiger partial charge in [-0.1, -0.05) is 47.6 Å². The first-order valence-corrected chi connectivity index (χ1v) is 8.57. The Balaban J connectivity index is 2.66. The zero-order chi connectivity index (χ0) is 17.6. The number of unbranched alkanes of at least 4 members (excludes halogenated alkanes) is 1. The number of benzene rings is 1. The van der Waals surface area contributed by atoms with Gasteiger partial charge in [-0.05, 0) is 71.9 Å². The Morgan fingerprint density at radius 1 is 1.09 bits per heavy atom. The van der Waals surface area contributed by atoms with Crippen molar-refractivity contribution in [1.29, 1.82) is 0 Å². The standard InChI is InChI=1S/C22H33N/c1-9-17(3)18(4)12-10-11-13-21(7)23(8)22-19(5)14-16(2)15-20(22)6/h9,12,14-15H,7,10-11,13H2,1-6,8H3/b17-9-,18-12-. The maximum atomic E-state index is 4.30. The van der Waals surface area contributed by atoms with Crippen molar-refractivity contribution in [3.63, 3.8) is 0 Å². The van der Waals surface area contributed by atoms with E-state index in [-0.39, 0.29) is 0 Å². The molecule has 0 aliphatic heterocycles. The minimum atomic E-state index is 1.03. The average molecular weight is 312 g/mol. The molecule has 0 fully saturated rings. The van der Waals surface area contributed by atoms with Gasteiger partial charge in [-0.25, -0.2) is 0 Å². The molecule has 0 aliphatic carbocycles. The fraction of sp³-hybridized carbons (Fsp3) is 0.455. The van der Waals surface area contributed by atoms with Gasteiger partial charge in [0.25, 0.3) is 0 Å². The summed E-state index contributed by atoms with van der Waals surface area (Å²) in [6.45, 7) is 17.3. The highest BCUT2D eigenvalue weighted by molar-refractivity contribution is 5.62. The molecule has 0 spiro atoms. The first-order valence-electron chi connectivity index (χ1n) is 8.57. The third-order valence-corrected chi connectivity index (χ3v) is 4.62. The van der Waals surface area contributed by atoms with Crippen LogP contribution in [0.15, 0.2) is 47.7 Å². The fourth-order valence-electron chi connectivity index (χ4n) is 3.04. The number of anilines is 1. The third-order valence-electron chi connectivity index (χ3n) is 4.62. The lowest BCUT2D eigenvalue weighted by molar-refractivity contribution is 0.803. The highest BCUT2D eigenvalue weighted by Crippen LogP contribution is 2.28. The lowest BCUT2D eigenvalue weighted by Crippen LogP contribution is -2.18. The van der Waals surface area contributed by atoms with Crippen LogP contribution in [0.2, 0.25) is 0 Å². The molecule has 0 aliphatic rings. The zero-order valence-electron chi connectivity index (χ0n) is 16.1. The Labute approximate surface area is 143 Å². The van der Waals surface area contributed by atoms with E-state index in [0.29, 0.717) is 0 Å². The van der Waals surface area contributed by atoms with Crippen LogP contribution >= 0.6 is 0 Å². The smallest absolute Gasteiger partial charge is 0.0465 e. The Hall–Kier alpha value is -1.76. The van der Waals surface area contributed by atoms with Gasteiger partial charge in [-0.15, -0.1) is 0 Å². The maximum Gasteiger partial charge on any atom is 0.0465 e. The predicted octanol–water partition coefficient (Wildman–Crippen LogP) is 6.64. The molecule has 1 heteroatoms. The first kappa shape index (κ1) is 19.3. The van der Waals surface area contributed by atoms with E-state index in [0.717, 1.165) is 19.3 Å². The van der Waals surface area contributed by atoms with Crippen LogP contribution in [0.3, 0.4) is 0 Å². The van der Waals surface area contributed by atoms with Crippen molar-refractivity contribution in [2.45, 2.75) is 60.8 Å². The molecule has 0 N–H and O–H groups in total. The minimum absolute atomic E-state index is 1.03. The van der Waals surface area contributed by atoms with Crippen molar-refractivity contribution >= 4 is 5.69 Å². The van der Waals surface area contributed by atoms with Gasteiger partial charge in [0.1, 0.15) is 0 Å². The molecule has 0 saturated carbocycles. The Morgan fingerprint density at radius 3 is 2.17 bits per heavy atom. The lowest BCUT2D eigenvalue weighted by Gasteiger charge is -2.26. The summed E-state index contributed by atoms with van der Waals surface area (Å²) in [5.74, 6) is 0. The van der Waals surface area contributed by atoms with Gasteiger partial charge in [-0.2, -0.15) is 0 Å². The van der Waals surface area contributed by atoms with Gasteiger partial charge < -0.3 is 4.90 Å². The number of nitrogens with zero attached hydrogens (tertiary/aromatic N) is 1. The quantitative estimate of drug-likeness (QED) is 0.403. The number of hydrogen-bond donors (Lipinski definition) is 0. The minimum Gasteiger partial charge on any atom is -0.348 e. The van der Waals surface area contributed by atoms with Crippen LogP contribution in [0.4, 0.5) is 5.69 Å². The molecular formula is C22H33N. The van der Waals surface area contributed by atoms with Gasteiger partial charge in [0.15, 0.2) is 0 Å². The van der Waals surface area contributed by atoms with E-state index in [1.165, 1.54) is 39.2 Å². The summed E-state index contributed by atoms with van der Waals surface area (Å²) in [6.07, 6.45) is 7.78. The van der Waals surface area contributed by atoms with Gasteiger partial charge in [0.05, 0.1) is 0 Å². The van der Waals surface area contributed by atoms with Crippen molar-refractivity contribution < 1.29 is 0 Å². The zero-order valence-corrected chi connectivity index (χ0v) is 16.1. The molecule has 126 valence electrons. The second kappa shape index (κ2) is 8.76. The topological polar surface area (TPSA) is 3.24 Å². The molecule has 23 heavy (non-hydrogen) atoms. The van der Waals surface area contributed by atoms with Crippen LogP contribution in [0.25, 0.3) is 0 Å². The average Bonchev–Trinajstić information content (AvgIpc) is 2.48. The van der Waals surface area contributed by atoms with E-state index in [9.17, 15) is 0 Å². The van der Waals surface area contributed by atoms with E-state index >= 15 is 0 Å². The highest BCUT2D eigenvalue weighted by atomic mass is 15.1. The van der Waals surface area contributed by atoms with E-state index in [1.54, 1.807) is 0 Å². The second-order valence-electron chi connectivity index (χ2n) is 6.62. The van der Waals surface area contributed by atoms with Crippen LogP contribution in [-0.4, -0.2) is 7.05 Å². The molecule has 0 unspecified atom stereocenters. The SMILES string of the molecule is C=C(CCC/C=C(C)\C(C)=C/C)N(C)c1c(C)cc(C)cc1C. The number of aryl methyl sites for hydroxylation is 3. The van der Waals surface area contributed by atoms with Crippen LogP contribution in [0.5, 0.6) is 0 Å². The molecule has 1 nitrogen and oxygen atoms in total. The first-order chi connectivity index (χ1) is 10.8. The summed E-state index contributed by atoms with van der Waals surface area (Å²) in [5, 5.41) is 0. The summed E-state index contributed by atoms with van der Waals surface area (Å²) >= 11 is 0. The Bertz CT molecular complexity index is 594. The molecule has 0 bridgehead atoms. The van der Waals surface area contributed by atoms with E-state index in [1.807, 2.05) is 0 Å². The fourth-order valence-corrected chi connectivity index (χ4v) is 3.04. The van der Waals surface area contributed by atoms with Crippen LogP contribution < -0.4 is 4.90 Å². The normalized spacial score (nSPS) is 12.5. The van der Waals surface area contributed by atoms with E-state index in [2.05, 4.69) is 84.4 Å². The number of allylic oxidation sites excluding steroid dienone is 5. The van der Waals surface area contributed by atoms with Crippen molar-refractivity contribution in [3.05, 3.63) is 64.4 Å². The second-order valence-corrected chi connectivity index (χ2v) is 6.62. The largest absolute Gasteiger partial charge is 0.348 e.